The Kier molecular flexibility index (Phi) is 11.4. The van der Waals surface area contributed by atoms with Crippen LogP contribution in [0.4, 0.5) is 4.79 Å². The van der Waals surface area contributed by atoms with Crippen molar-refractivity contribution in [1.82, 2.24) is 14.9 Å². The lowest BCUT2D eigenvalue weighted by Gasteiger charge is -2.23. The number of likely N-dealkylation sites (tertiary alicyclic amines) is 1. The zero-order valence-corrected chi connectivity index (χ0v) is 24.8. The summed E-state index contributed by atoms with van der Waals surface area (Å²) in [6.45, 7) is 9.36. The van der Waals surface area contributed by atoms with Crippen molar-refractivity contribution in [2.24, 2.45) is 17.6 Å². The van der Waals surface area contributed by atoms with Crippen molar-refractivity contribution < 1.29 is 32.3 Å². The number of carbonyl (C=O) groups excluding carboxylic acids is 4. The van der Waals surface area contributed by atoms with Gasteiger partial charge in [-0.2, -0.15) is 0 Å². The van der Waals surface area contributed by atoms with E-state index in [0.29, 0.717) is 25.8 Å². The first-order chi connectivity index (χ1) is 18.1. The Bertz CT molecular complexity index is 1030. The molecule has 3 fully saturated rings. The second-order valence-electron chi connectivity index (χ2n) is 11.9. The lowest BCUT2D eigenvalue weighted by Crippen LogP contribution is -2.48. The highest BCUT2D eigenvalue weighted by Crippen LogP contribution is 2.44. The van der Waals surface area contributed by atoms with Crippen LogP contribution in [0.2, 0.25) is 0 Å². The largest absolute Gasteiger partial charge is 0.444 e. The smallest absolute Gasteiger partial charge is 0.408 e. The molecule has 11 nitrogen and oxygen atoms in total. The van der Waals surface area contributed by atoms with E-state index in [4.69, 9.17) is 10.5 Å². The van der Waals surface area contributed by atoms with Crippen LogP contribution in [0.25, 0.3) is 0 Å². The summed E-state index contributed by atoms with van der Waals surface area (Å²) in [5, 5.41) is 2.37. The average molecular weight is 571 g/mol. The maximum Gasteiger partial charge on any atom is 0.408 e. The summed E-state index contributed by atoms with van der Waals surface area (Å²) in [6, 6.07) is -0.562. The maximum atomic E-state index is 11.9. The van der Waals surface area contributed by atoms with Crippen molar-refractivity contribution >= 4 is 33.8 Å². The molecule has 2 saturated carbocycles. The van der Waals surface area contributed by atoms with E-state index in [1.807, 2.05) is 0 Å². The minimum atomic E-state index is -3.47. The van der Waals surface area contributed by atoms with Crippen LogP contribution in [0.1, 0.15) is 92.4 Å². The molecular formula is C27H46N4O7S. The van der Waals surface area contributed by atoms with Crippen LogP contribution in [0.15, 0.2) is 12.2 Å². The first-order valence-electron chi connectivity index (χ1n) is 13.9. The van der Waals surface area contributed by atoms with Gasteiger partial charge in [-0.1, -0.05) is 31.9 Å². The van der Waals surface area contributed by atoms with Crippen molar-refractivity contribution in [3.63, 3.8) is 0 Å². The van der Waals surface area contributed by atoms with E-state index < -0.39 is 38.4 Å². The number of hydrogen-bond donors (Lipinski definition) is 3. The lowest BCUT2D eigenvalue weighted by molar-refractivity contribution is -0.136. The van der Waals surface area contributed by atoms with Gasteiger partial charge in [0.25, 0.3) is 0 Å². The summed E-state index contributed by atoms with van der Waals surface area (Å²) < 4.78 is 30.5. The van der Waals surface area contributed by atoms with E-state index in [9.17, 15) is 27.6 Å². The number of primary amides is 1. The molecule has 0 aromatic rings. The Labute approximate surface area is 232 Å². The van der Waals surface area contributed by atoms with E-state index in [1.54, 1.807) is 27.7 Å². The van der Waals surface area contributed by atoms with Gasteiger partial charge in [-0.15, -0.1) is 0 Å². The molecule has 4 N–H and O–H groups in total. The summed E-state index contributed by atoms with van der Waals surface area (Å²) in [7, 11) is -3.47. The zero-order chi connectivity index (χ0) is 29.4. The van der Waals surface area contributed by atoms with Gasteiger partial charge in [0.05, 0.1) is 4.75 Å². The molecule has 39 heavy (non-hydrogen) atoms. The first-order valence-corrected chi connectivity index (χ1v) is 15.4. The van der Waals surface area contributed by atoms with Crippen molar-refractivity contribution in [3.8, 4) is 0 Å². The maximum absolute atomic E-state index is 11.9. The molecule has 3 rings (SSSR count). The molecule has 1 saturated heterocycles. The van der Waals surface area contributed by atoms with Gasteiger partial charge in [-0.05, 0) is 78.6 Å². The van der Waals surface area contributed by atoms with E-state index in [1.165, 1.54) is 24.2 Å². The zero-order valence-electron chi connectivity index (χ0n) is 24.0. The van der Waals surface area contributed by atoms with Crippen molar-refractivity contribution in [2.75, 3.05) is 13.1 Å². The topological polar surface area (TPSA) is 165 Å². The Morgan fingerprint density at radius 3 is 2.38 bits per heavy atom. The molecule has 2 aliphatic carbocycles. The van der Waals surface area contributed by atoms with Gasteiger partial charge in [-0.3, -0.25) is 19.1 Å². The third-order valence-electron chi connectivity index (χ3n) is 7.06. The van der Waals surface area contributed by atoms with Gasteiger partial charge in [-0.25, -0.2) is 13.2 Å². The molecule has 0 radical (unpaired) electrons. The molecule has 3 aliphatic rings. The number of sulfonamides is 1. The van der Waals surface area contributed by atoms with Gasteiger partial charge >= 0.3 is 6.09 Å². The number of rotatable bonds is 11. The number of carbonyl (C=O) groups is 4. The Balaban J connectivity index is 0.000000274. The monoisotopic (exact) mass is 570 g/mol. The number of nitrogens with one attached hydrogen (secondary N) is 2. The summed E-state index contributed by atoms with van der Waals surface area (Å²) in [6.07, 6.45) is 11.6. The molecule has 0 bridgehead atoms. The molecule has 0 aromatic carbocycles. The number of nitrogens with two attached hydrogens (primary N) is 1. The SMILES string of the molecule is CC(C)(C)OC(=O)NCC(=O)N1CCCC1C(N)=O.CCCCC/C=C\C1CC1C(=O)NS(=O)(=O)C1(C)CC1. The van der Waals surface area contributed by atoms with Crippen LogP contribution < -0.4 is 15.8 Å². The number of nitrogens with zero attached hydrogens (tertiary/aromatic N) is 1. The third-order valence-corrected chi connectivity index (χ3v) is 9.23. The van der Waals surface area contributed by atoms with Crippen LogP contribution in [-0.2, 0) is 29.1 Å². The van der Waals surface area contributed by atoms with Gasteiger partial charge in [0.2, 0.25) is 27.7 Å². The van der Waals surface area contributed by atoms with Gasteiger partial charge in [0, 0.05) is 12.5 Å². The Morgan fingerprint density at radius 1 is 1.15 bits per heavy atom. The van der Waals surface area contributed by atoms with Crippen LogP contribution in [-0.4, -0.2) is 66.6 Å². The highest BCUT2D eigenvalue weighted by atomic mass is 32.2. The van der Waals surface area contributed by atoms with Crippen LogP contribution in [0.5, 0.6) is 0 Å². The molecular weight excluding hydrogens is 524 g/mol. The molecule has 1 heterocycles. The number of allylic oxidation sites excluding steroid dienone is 2. The third kappa shape index (κ3) is 10.5. The molecule has 3 atom stereocenters. The molecule has 0 spiro atoms. The van der Waals surface area contributed by atoms with Gasteiger partial charge in [0.15, 0.2) is 0 Å². The molecule has 222 valence electrons. The Morgan fingerprint density at radius 2 is 1.82 bits per heavy atom. The normalized spacial score (nSPS) is 23.4. The van der Waals surface area contributed by atoms with Gasteiger partial charge < -0.3 is 20.7 Å². The highest BCUT2D eigenvalue weighted by Gasteiger charge is 2.52. The lowest BCUT2D eigenvalue weighted by atomic mass is 10.2. The predicted molar refractivity (Wildman–Crippen MR) is 148 cm³/mol. The second-order valence-corrected chi connectivity index (χ2v) is 14.0. The fourth-order valence-electron chi connectivity index (χ4n) is 4.21. The summed E-state index contributed by atoms with van der Waals surface area (Å²) in [4.78, 5) is 47.8. The summed E-state index contributed by atoms with van der Waals surface area (Å²) in [5.74, 6) is -1.06. The molecule has 12 heteroatoms. The standard InChI is InChI=1S/C15H25NO3S.C12H21N3O4/c1-3-4-5-6-7-8-12-11-13(12)14(17)16-20(18,19)15(2)9-10-15;1-12(2,3)19-11(18)14-7-9(16)15-6-4-5-8(15)10(13)17/h7-8,12-13H,3-6,9-11H2,1-2H3,(H,16,17);8H,4-7H2,1-3H3,(H2,13,17)(H,14,18)/b8-7-;. The number of amides is 4. The quantitative estimate of drug-likeness (QED) is 0.254. The Hall–Kier alpha value is -2.63. The number of unbranched alkanes of at least 4 members (excludes halogenated alkanes) is 3. The van der Waals surface area contributed by atoms with E-state index in [2.05, 4.69) is 29.1 Å². The van der Waals surface area contributed by atoms with Crippen LogP contribution >= 0.6 is 0 Å². The van der Waals surface area contributed by atoms with Crippen molar-refractivity contribution in [3.05, 3.63) is 12.2 Å². The van der Waals surface area contributed by atoms with E-state index >= 15 is 0 Å². The first kappa shape index (κ1) is 32.6. The number of alkyl carbamates (subject to hydrolysis) is 1. The molecule has 0 aromatic heterocycles. The predicted octanol–water partition coefficient (Wildman–Crippen LogP) is 2.74. The second kappa shape index (κ2) is 13.6. The minimum absolute atomic E-state index is 0.144. The molecule has 3 unspecified atom stereocenters. The van der Waals surface area contributed by atoms with E-state index in [0.717, 1.165) is 19.3 Å². The van der Waals surface area contributed by atoms with Crippen LogP contribution in [0, 0.1) is 11.8 Å². The fourth-order valence-corrected chi connectivity index (χ4v) is 5.51. The van der Waals surface area contributed by atoms with Crippen molar-refractivity contribution in [1.29, 1.82) is 0 Å². The van der Waals surface area contributed by atoms with E-state index in [-0.39, 0.29) is 30.2 Å². The number of hydrogen-bond acceptors (Lipinski definition) is 7. The molecule has 1 aliphatic heterocycles. The van der Waals surface area contributed by atoms with Crippen molar-refractivity contribution in [2.45, 2.75) is 109 Å². The average Bonchev–Trinajstić information content (AvgIpc) is 3.72. The number of ether oxygens (including phenoxy) is 1. The van der Waals surface area contributed by atoms with Gasteiger partial charge in [0.1, 0.15) is 18.2 Å². The van der Waals surface area contributed by atoms with Crippen LogP contribution in [0.3, 0.4) is 0 Å². The minimum Gasteiger partial charge on any atom is -0.444 e. The summed E-state index contributed by atoms with van der Waals surface area (Å²) in [5.41, 5.74) is 4.61. The molecule has 4 amide bonds. The summed E-state index contributed by atoms with van der Waals surface area (Å²) >= 11 is 0. The fraction of sp³-hybridized carbons (Fsp3) is 0.778. The highest BCUT2D eigenvalue weighted by molar-refractivity contribution is 7.91.